The van der Waals surface area contributed by atoms with E-state index < -0.39 is 29.2 Å². The summed E-state index contributed by atoms with van der Waals surface area (Å²) in [5, 5.41) is 4.03. The minimum absolute atomic E-state index is 0.151. The molecule has 2 aromatic carbocycles. The Hall–Kier alpha value is -2.74. The van der Waals surface area contributed by atoms with E-state index in [1.54, 1.807) is 13.0 Å². The summed E-state index contributed by atoms with van der Waals surface area (Å²) in [5.41, 5.74) is 5.13. The summed E-state index contributed by atoms with van der Waals surface area (Å²) in [5.74, 6) is -2.42. The van der Waals surface area contributed by atoms with Gasteiger partial charge in [0.05, 0.1) is 22.6 Å². The minimum Gasteiger partial charge on any atom is -0.397 e. The molecule has 0 spiro atoms. The summed E-state index contributed by atoms with van der Waals surface area (Å²) < 4.78 is 39.0. The second-order valence-electron chi connectivity index (χ2n) is 5.19. The quantitative estimate of drug-likeness (QED) is 0.554. The zero-order valence-electron chi connectivity index (χ0n) is 12.9. The maximum absolute atomic E-state index is 13.0. The number of hydrogen-bond acceptors (Lipinski definition) is 3. The van der Waals surface area contributed by atoms with E-state index in [9.17, 15) is 22.8 Å². The molecule has 0 saturated carbocycles. The molecular weight excluding hydrogens is 359 g/mol. The van der Waals surface area contributed by atoms with Crippen molar-refractivity contribution in [1.29, 1.82) is 0 Å². The molecule has 0 unspecified atom stereocenters. The van der Waals surface area contributed by atoms with Crippen LogP contribution < -0.4 is 16.4 Å². The summed E-state index contributed by atoms with van der Waals surface area (Å²) in [6.07, 6.45) is -4.75. The van der Waals surface area contributed by atoms with Gasteiger partial charge in [-0.15, -0.1) is 0 Å². The van der Waals surface area contributed by atoms with E-state index in [1.165, 1.54) is 18.2 Å². The molecule has 0 aromatic heterocycles. The molecule has 0 fully saturated rings. The van der Waals surface area contributed by atoms with Gasteiger partial charge in [-0.2, -0.15) is 13.2 Å². The van der Waals surface area contributed by atoms with Gasteiger partial charge >= 0.3 is 18.0 Å². The number of alkyl halides is 3. The third-order valence-corrected chi connectivity index (χ3v) is 3.43. The average molecular weight is 372 g/mol. The third-order valence-electron chi connectivity index (χ3n) is 3.20. The zero-order valence-corrected chi connectivity index (χ0v) is 13.6. The van der Waals surface area contributed by atoms with Crippen molar-refractivity contribution in [1.82, 2.24) is 0 Å². The van der Waals surface area contributed by atoms with Crippen LogP contribution in [0.25, 0.3) is 0 Å². The van der Waals surface area contributed by atoms with Crippen LogP contribution in [-0.2, 0) is 15.8 Å². The highest BCUT2D eigenvalue weighted by Crippen LogP contribution is 2.36. The predicted molar refractivity (Wildman–Crippen MR) is 89.3 cm³/mol. The second-order valence-corrected chi connectivity index (χ2v) is 5.62. The van der Waals surface area contributed by atoms with Crippen LogP contribution in [0, 0.1) is 6.92 Å². The molecule has 132 valence electrons. The summed E-state index contributed by atoms with van der Waals surface area (Å²) in [6.45, 7) is 1.75. The summed E-state index contributed by atoms with van der Waals surface area (Å²) >= 11 is 5.56. The second kappa shape index (κ2) is 7.02. The van der Waals surface area contributed by atoms with E-state index in [0.29, 0.717) is 6.07 Å². The number of halogens is 4. The first kappa shape index (κ1) is 18.6. The fourth-order valence-corrected chi connectivity index (χ4v) is 2.17. The van der Waals surface area contributed by atoms with Crippen LogP contribution in [0.3, 0.4) is 0 Å². The van der Waals surface area contributed by atoms with Crippen LogP contribution in [0.1, 0.15) is 11.1 Å². The largest absolute Gasteiger partial charge is 0.418 e. The van der Waals surface area contributed by atoms with Crippen LogP contribution >= 0.6 is 11.6 Å². The molecule has 0 radical (unpaired) electrons. The number of carbonyl (C=O) groups excluding carboxylic acids is 2. The fraction of sp³-hybridized carbons (Fsp3) is 0.125. The lowest BCUT2D eigenvalue weighted by Crippen LogP contribution is -2.30. The smallest absolute Gasteiger partial charge is 0.397 e. The van der Waals surface area contributed by atoms with Gasteiger partial charge in [0.25, 0.3) is 0 Å². The molecule has 5 nitrogen and oxygen atoms in total. The number of hydrogen-bond donors (Lipinski definition) is 3. The van der Waals surface area contributed by atoms with Crippen molar-refractivity contribution in [3.05, 3.63) is 52.5 Å². The molecule has 0 aliphatic carbocycles. The number of anilines is 3. The van der Waals surface area contributed by atoms with E-state index in [4.69, 9.17) is 17.3 Å². The fourth-order valence-electron chi connectivity index (χ4n) is 2.00. The number of rotatable bonds is 2. The van der Waals surface area contributed by atoms with E-state index in [1.807, 2.05) is 5.32 Å². The molecular formula is C16H13ClF3N3O2. The van der Waals surface area contributed by atoms with Crippen molar-refractivity contribution in [3.8, 4) is 0 Å². The number of nitrogens with two attached hydrogens (primary N) is 1. The van der Waals surface area contributed by atoms with E-state index in [0.717, 1.165) is 11.6 Å². The Morgan fingerprint density at radius 1 is 1.00 bits per heavy atom. The normalized spacial score (nSPS) is 11.1. The number of nitrogen functional groups attached to an aromatic ring is 1. The van der Waals surface area contributed by atoms with Crippen molar-refractivity contribution in [2.24, 2.45) is 0 Å². The molecule has 0 saturated heterocycles. The van der Waals surface area contributed by atoms with Gasteiger partial charge in [-0.25, -0.2) is 0 Å². The molecule has 0 heterocycles. The van der Waals surface area contributed by atoms with Crippen molar-refractivity contribution in [3.63, 3.8) is 0 Å². The lowest BCUT2D eigenvalue weighted by atomic mass is 10.1. The van der Waals surface area contributed by atoms with Gasteiger partial charge in [0, 0.05) is 5.02 Å². The monoisotopic (exact) mass is 371 g/mol. The van der Waals surface area contributed by atoms with Crippen molar-refractivity contribution in [2.45, 2.75) is 13.1 Å². The lowest BCUT2D eigenvalue weighted by Gasteiger charge is -2.14. The maximum Gasteiger partial charge on any atom is 0.418 e. The van der Waals surface area contributed by atoms with Gasteiger partial charge in [-0.1, -0.05) is 17.7 Å². The molecule has 25 heavy (non-hydrogen) atoms. The predicted octanol–water partition coefficient (Wildman–Crippen LogP) is 3.83. The highest BCUT2D eigenvalue weighted by Gasteiger charge is 2.34. The van der Waals surface area contributed by atoms with Crippen LogP contribution in [-0.4, -0.2) is 11.8 Å². The molecule has 4 N–H and O–H groups in total. The number of aryl methyl sites for hydroxylation is 1. The summed E-state index contributed by atoms with van der Waals surface area (Å²) in [7, 11) is 0. The summed E-state index contributed by atoms with van der Waals surface area (Å²) in [6, 6.07) is 7.57. The molecule has 0 bridgehead atoms. The van der Waals surface area contributed by atoms with Gasteiger partial charge in [0.1, 0.15) is 0 Å². The van der Waals surface area contributed by atoms with Gasteiger partial charge in [-0.3, -0.25) is 9.59 Å². The van der Waals surface area contributed by atoms with E-state index in [2.05, 4.69) is 5.32 Å². The molecule has 2 aromatic rings. The van der Waals surface area contributed by atoms with Crippen LogP contribution in [0.15, 0.2) is 36.4 Å². The van der Waals surface area contributed by atoms with Crippen molar-refractivity contribution >= 4 is 40.5 Å². The third kappa shape index (κ3) is 4.63. The zero-order chi connectivity index (χ0) is 18.8. The summed E-state index contributed by atoms with van der Waals surface area (Å²) in [4.78, 5) is 23.8. The average Bonchev–Trinajstić information content (AvgIpc) is 2.51. The first-order chi connectivity index (χ1) is 11.6. The highest BCUT2D eigenvalue weighted by atomic mass is 35.5. The first-order valence-corrected chi connectivity index (χ1v) is 7.31. The number of carbonyl (C=O) groups is 2. The van der Waals surface area contributed by atoms with Gasteiger partial charge in [0.2, 0.25) is 0 Å². The Bertz CT molecular complexity index is 838. The Morgan fingerprint density at radius 3 is 2.20 bits per heavy atom. The Morgan fingerprint density at radius 2 is 1.60 bits per heavy atom. The molecule has 2 rings (SSSR count). The molecule has 0 atom stereocenters. The number of nitrogens with one attached hydrogen (secondary N) is 2. The lowest BCUT2D eigenvalue weighted by molar-refractivity contribution is -0.137. The van der Waals surface area contributed by atoms with Gasteiger partial charge < -0.3 is 16.4 Å². The van der Waals surface area contributed by atoms with Crippen LogP contribution in [0.5, 0.6) is 0 Å². The first-order valence-electron chi connectivity index (χ1n) is 6.93. The van der Waals surface area contributed by atoms with Crippen LogP contribution in [0.4, 0.5) is 30.2 Å². The molecule has 0 aliphatic heterocycles. The Balaban J connectivity index is 2.20. The molecule has 9 heteroatoms. The highest BCUT2D eigenvalue weighted by molar-refractivity contribution is 6.44. The van der Waals surface area contributed by atoms with E-state index in [-0.39, 0.29) is 16.4 Å². The number of amides is 2. The van der Waals surface area contributed by atoms with Crippen LogP contribution in [0.2, 0.25) is 5.02 Å². The minimum atomic E-state index is -4.75. The Kier molecular flexibility index (Phi) is 5.22. The Labute approximate surface area is 146 Å². The van der Waals surface area contributed by atoms with Gasteiger partial charge in [0.15, 0.2) is 0 Å². The van der Waals surface area contributed by atoms with Crippen molar-refractivity contribution in [2.75, 3.05) is 16.4 Å². The number of benzene rings is 2. The SMILES string of the molecule is Cc1ccc(N)c(NC(=O)C(=O)Nc2ccc(Cl)cc2C(F)(F)F)c1. The molecule has 2 amide bonds. The maximum atomic E-state index is 13.0. The van der Waals surface area contributed by atoms with E-state index >= 15 is 0 Å². The van der Waals surface area contributed by atoms with Crippen molar-refractivity contribution < 1.29 is 22.8 Å². The standard InChI is InChI=1S/C16H13ClF3N3O2/c1-8-2-4-11(21)13(6-8)23-15(25)14(24)22-12-5-3-9(17)7-10(12)16(18,19)20/h2-7H,21H2,1H3,(H,22,24)(H,23,25). The topological polar surface area (TPSA) is 84.2 Å². The molecule has 0 aliphatic rings. The van der Waals surface area contributed by atoms with Gasteiger partial charge in [-0.05, 0) is 42.8 Å².